The van der Waals surface area contributed by atoms with Gasteiger partial charge >= 0.3 is 0 Å². The van der Waals surface area contributed by atoms with Crippen molar-refractivity contribution >= 4 is 43.4 Å². The first kappa shape index (κ1) is 28.9. The fourth-order valence-corrected chi connectivity index (χ4v) is 6.04. The number of benzene rings is 3. The van der Waals surface area contributed by atoms with Gasteiger partial charge in [0.05, 0.1) is 5.58 Å². The predicted octanol–water partition coefficient (Wildman–Crippen LogP) is 10.1. The van der Waals surface area contributed by atoms with E-state index in [2.05, 4.69) is 86.6 Å². The third-order valence-corrected chi connectivity index (χ3v) is 8.03. The van der Waals surface area contributed by atoms with E-state index in [1.807, 2.05) is 55.7 Å². The Balaban J connectivity index is 0.000000204. The molecule has 0 amide bonds. The Hall–Kier alpha value is -3.63. The summed E-state index contributed by atoms with van der Waals surface area (Å²) in [7, 11) is 0. The van der Waals surface area contributed by atoms with Crippen LogP contribution in [-0.2, 0) is 25.5 Å². The van der Waals surface area contributed by atoms with E-state index in [4.69, 9.17) is 9.40 Å². The molecule has 0 unspecified atom stereocenters. The summed E-state index contributed by atoms with van der Waals surface area (Å²) in [6.07, 6.45) is 3.83. The Morgan fingerprint density at radius 1 is 0.829 bits per heavy atom. The summed E-state index contributed by atoms with van der Waals surface area (Å²) >= 11 is 1.76. The zero-order valence-electron chi connectivity index (χ0n) is 23.7. The SMILES string of the molecule is Cc1ccc(-c2[c-]cccc2)nc1.Cc1cnc(-c2[c-]ccc3c2oc2ccc4ccsc4c23)cc1C(C)(C)C.[Ir]. The molecule has 5 heteroatoms. The van der Waals surface area contributed by atoms with Crippen LogP contribution in [0.15, 0.2) is 95.0 Å². The molecule has 0 bridgehead atoms. The van der Waals surface area contributed by atoms with Crippen LogP contribution in [0.1, 0.15) is 37.5 Å². The monoisotopic (exact) mass is 731 g/mol. The zero-order valence-corrected chi connectivity index (χ0v) is 26.9. The minimum atomic E-state index is 0. The molecule has 3 nitrogen and oxygen atoms in total. The van der Waals surface area contributed by atoms with Gasteiger partial charge < -0.3 is 14.4 Å². The summed E-state index contributed by atoms with van der Waals surface area (Å²) in [5.41, 5.74) is 9.41. The number of rotatable bonds is 2. The van der Waals surface area contributed by atoms with E-state index >= 15 is 0 Å². The van der Waals surface area contributed by atoms with Crippen molar-refractivity contribution in [1.29, 1.82) is 0 Å². The summed E-state index contributed by atoms with van der Waals surface area (Å²) in [5.74, 6) is 0. The van der Waals surface area contributed by atoms with Gasteiger partial charge in [-0.15, -0.1) is 65.4 Å². The van der Waals surface area contributed by atoms with Gasteiger partial charge in [-0.25, -0.2) is 0 Å². The minimum Gasteiger partial charge on any atom is -0.501 e. The van der Waals surface area contributed by atoms with Crippen LogP contribution in [0, 0.1) is 26.0 Å². The van der Waals surface area contributed by atoms with Gasteiger partial charge in [-0.05, 0) is 76.3 Å². The minimum absolute atomic E-state index is 0. The van der Waals surface area contributed by atoms with Crippen LogP contribution >= 0.6 is 11.3 Å². The maximum absolute atomic E-state index is 6.31. The third-order valence-electron chi connectivity index (χ3n) is 7.08. The van der Waals surface area contributed by atoms with Crippen molar-refractivity contribution in [1.82, 2.24) is 9.97 Å². The largest absolute Gasteiger partial charge is 0.501 e. The summed E-state index contributed by atoms with van der Waals surface area (Å²) in [6, 6.07) is 31.1. The van der Waals surface area contributed by atoms with Gasteiger partial charge in [0.1, 0.15) is 5.58 Å². The smallest absolute Gasteiger partial charge is 0.122 e. The molecule has 0 fully saturated rings. The van der Waals surface area contributed by atoms with Gasteiger partial charge in [0, 0.05) is 42.6 Å². The molecule has 0 aliphatic heterocycles. The van der Waals surface area contributed by atoms with Crippen LogP contribution in [-0.4, -0.2) is 9.97 Å². The molecule has 0 saturated heterocycles. The quantitative estimate of drug-likeness (QED) is 0.166. The van der Waals surface area contributed by atoms with Gasteiger partial charge in [-0.1, -0.05) is 49.9 Å². The Labute approximate surface area is 258 Å². The predicted molar refractivity (Wildman–Crippen MR) is 168 cm³/mol. The first-order valence-corrected chi connectivity index (χ1v) is 14.3. The van der Waals surface area contributed by atoms with Crippen molar-refractivity contribution in [2.75, 3.05) is 0 Å². The van der Waals surface area contributed by atoms with E-state index in [-0.39, 0.29) is 25.5 Å². The first-order valence-electron chi connectivity index (χ1n) is 13.4. The normalized spacial score (nSPS) is 11.3. The molecule has 7 aromatic rings. The molecular formula is C36H30IrN2OS-2. The standard InChI is InChI=1S/C24H20NOS.C12H10N.Ir/c1-14-13-25-19(12-18(14)24(2,3)4)16-6-5-7-17-21-20(26-22(16)17)9-8-15-10-11-27-23(15)21;1-10-7-8-12(13-9-10)11-5-3-2-4-6-11;/h5,7-13H,1-4H3;2-5,7-9H,1H3;/q2*-1;. The van der Waals surface area contributed by atoms with Crippen molar-refractivity contribution < 1.29 is 24.5 Å². The number of hydrogen-bond donors (Lipinski definition) is 0. The van der Waals surface area contributed by atoms with Crippen LogP contribution < -0.4 is 0 Å². The van der Waals surface area contributed by atoms with Gasteiger partial charge in [0.25, 0.3) is 0 Å². The van der Waals surface area contributed by atoms with E-state index < -0.39 is 0 Å². The molecule has 0 N–H and O–H groups in total. The molecule has 0 atom stereocenters. The Morgan fingerprint density at radius 3 is 2.39 bits per heavy atom. The molecule has 0 aliphatic rings. The summed E-state index contributed by atoms with van der Waals surface area (Å²) in [5, 5.41) is 5.71. The summed E-state index contributed by atoms with van der Waals surface area (Å²) < 4.78 is 7.58. The van der Waals surface area contributed by atoms with Crippen molar-refractivity contribution in [3.8, 4) is 22.5 Å². The molecule has 7 rings (SSSR count). The van der Waals surface area contributed by atoms with Crippen molar-refractivity contribution in [3.63, 3.8) is 0 Å². The number of pyridine rings is 2. The summed E-state index contributed by atoms with van der Waals surface area (Å²) in [6.45, 7) is 10.9. The van der Waals surface area contributed by atoms with E-state index in [9.17, 15) is 0 Å². The van der Waals surface area contributed by atoms with Gasteiger partial charge in [-0.2, -0.15) is 0 Å². The molecule has 207 valence electrons. The van der Waals surface area contributed by atoms with Crippen LogP contribution in [0.3, 0.4) is 0 Å². The molecule has 0 saturated carbocycles. The second-order valence-corrected chi connectivity index (χ2v) is 12.0. The number of fused-ring (bicyclic) bond motifs is 5. The van der Waals surface area contributed by atoms with E-state index in [1.54, 1.807) is 11.3 Å². The van der Waals surface area contributed by atoms with Crippen molar-refractivity contribution in [2.45, 2.75) is 40.0 Å². The fourth-order valence-electron chi connectivity index (χ4n) is 5.09. The van der Waals surface area contributed by atoms with Crippen molar-refractivity contribution in [2.24, 2.45) is 0 Å². The topological polar surface area (TPSA) is 38.9 Å². The average molecular weight is 731 g/mol. The van der Waals surface area contributed by atoms with Gasteiger partial charge in [0.15, 0.2) is 0 Å². The number of hydrogen-bond acceptors (Lipinski definition) is 4. The molecule has 41 heavy (non-hydrogen) atoms. The van der Waals surface area contributed by atoms with Gasteiger partial charge in [0.2, 0.25) is 0 Å². The van der Waals surface area contributed by atoms with Crippen molar-refractivity contribution in [3.05, 3.63) is 119 Å². The number of aromatic nitrogens is 2. The number of thiophene rings is 1. The fraction of sp³-hybridized carbons (Fsp3) is 0.167. The summed E-state index contributed by atoms with van der Waals surface area (Å²) in [4.78, 5) is 9.02. The van der Waals surface area contributed by atoms with Crippen LogP contribution in [0.4, 0.5) is 0 Å². The van der Waals surface area contributed by atoms with Crippen LogP contribution in [0.5, 0.6) is 0 Å². The number of nitrogens with zero attached hydrogens (tertiary/aromatic N) is 2. The molecule has 0 aliphatic carbocycles. The molecule has 4 aromatic heterocycles. The maximum atomic E-state index is 6.31. The molecule has 1 radical (unpaired) electrons. The third kappa shape index (κ3) is 5.76. The Bertz CT molecular complexity index is 1950. The Morgan fingerprint density at radius 2 is 1.66 bits per heavy atom. The molecule has 0 spiro atoms. The van der Waals surface area contributed by atoms with E-state index in [0.29, 0.717) is 0 Å². The Kier molecular flexibility index (Phi) is 8.24. The number of furan rings is 1. The van der Waals surface area contributed by atoms with Crippen LogP contribution in [0.2, 0.25) is 0 Å². The second kappa shape index (κ2) is 11.7. The molecule has 4 heterocycles. The van der Waals surface area contributed by atoms with E-state index in [0.717, 1.165) is 39.1 Å². The number of aryl methyl sites for hydroxylation is 2. The van der Waals surface area contributed by atoms with E-state index in [1.165, 1.54) is 32.2 Å². The van der Waals surface area contributed by atoms with Gasteiger partial charge in [-0.3, -0.25) is 0 Å². The maximum Gasteiger partial charge on any atom is 0.122 e. The average Bonchev–Trinajstić information content (AvgIpc) is 3.58. The molecule has 3 aromatic carbocycles. The second-order valence-electron chi connectivity index (χ2n) is 11.1. The van der Waals surface area contributed by atoms with Crippen LogP contribution in [0.25, 0.3) is 54.5 Å². The zero-order chi connectivity index (χ0) is 27.9. The first-order chi connectivity index (χ1) is 19.3. The molecular weight excluding hydrogens is 701 g/mol.